The zero-order valence-electron chi connectivity index (χ0n) is 10.9. The van der Waals surface area contributed by atoms with E-state index in [0.717, 1.165) is 10.8 Å². The molecule has 0 spiro atoms. The number of phenolic OH excluding ortho intramolecular Hbond substituents is 1. The summed E-state index contributed by atoms with van der Waals surface area (Å²) < 4.78 is 31.1. The summed E-state index contributed by atoms with van der Waals surface area (Å²) in [6, 6.07) is 16.8. The number of hydrogen-bond donors (Lipinski definition) is 2. The first kappa shape index (κ1) is 17.0. The minimum absolute atomic E-state index is 0. The van der Waals surface area contributed by atoms with E-state index in [9.17, 15) is 13.5 Å². The van der Waals surface area contributed by atoms with Gasteiger partial charge in [-0.05, 0) is 34.5 Å². The van der Waals surface area contributed by atoms with Crippen molar-refractivity contribution in [2.24, 2.45) is 0 Å². The first-order chi connectivity index (χ1) is 9.97. The van der Waals surface area contributed by atoms with Crippen LogP contribution in [-0.2, 0) is 10.1 Å². The number of hydrogen-bond acceptors (Lipinski definition) is 3. The van der Waals surface area contributed by atoms with Crippen molar-refractivity contribution in [2.75, 3.05) is 0 Å². The van der Waals surface area contributed by atoms with E-state index in [0.29, 0.717) is 11.1 Å². The number of phenols is 1. The van der Waals surface area contributed by atoms with Crippen LogP contribution >= 0.6 is 0 Å². The zero-order chi connectivity index (χ0) is 15.0. The summed E-state index contributed by atoms with van der Waals surface area (Å²) in [5, 5.41) is 12.0. The molecule has 3 aromatic carbocycles. The molecule has 0 radical (unpaired) electrons. The standard InChI is InChI=1S/C16H12O4S.Na.H/c17-15-10-7-11-3-1-2-4-14(11)16(15)12-5-8-13(9-6-12)21(18,19)20;;/h1-10,17H,(H,18,19,20);;. The Hall–Kier alpha value is -1.37. The van der Waals surface area contributed by atoms with Crippen LogP contribution in [0.2, 0.25) is 0 Å². The summed E-state index contributed by atoms with van der Waals surface area (Å²) in [5.41, 5.74) is 1.31. The van der Waals surface area contributed by atoms with E-state index in [2.05, 4.69) is 0 Å². The fourth-order valence-corrected chi connectivity index (χ4v) is 2.84. The second-order valence-corrected chi connectivity index (χ2v) is 6.10. The molecule has 3 aromatic rings. The van der Waals surface area contributed by atoms with Crippen LogP contribution in [0.5, 0.6) is 5.75 Å². The molecule has 108 valence electrons. The molecule has 0 heterocycles. The molecule has 0 aromatic heterocycles. The van der Waals surface area contributed by atoms with Gasteiger partial charge in [-0.15, -0.1) is 0 Å². The Labute approximate surface area is 150 Å². The van der Waals surface area contributed by atoms with Crippen LogP contribution in [0, 0.1) is 0 Å². The molecule has 6 heteroatoms. The number of rotatable bonds is 2. The van der Waals surface area contributed by atoms with Crippen LogP contribution in [0.4, 0.5) is 0 Å². The van der Waals surface area contributed by atoms with Gasteiger partial charge < -0.3 is 5.11 Å². The van der Waals surface area contributed by atoms with Gasteiger partial charge in [-0.2, -0.15) is 8.42 Å². The summed E-state index contributed by atoms with van der Waals surface area (Å²) in [6.07, 6.45) is 0. The Bertz CT molecular complexity index is 919. The molecular weight excluding hydrogens is 311 g/mol. The van der Waals surface area contributed by atoms with Crippen molar-refractivity contribution >= 4 is 50.4 Å². The van der Waals surface area contributed by atoms with Gasteiger partial charge in [-0.3, -0.25) is 4.55 Å². The zero-order valence-corrected chi connectivity index (χ0v) is 11.7. The quantitative estimate of drug-likeness (QED) is 0.561. The van der Waals surface area contributed by atoms with Gasteiger partial charge in [0.1, 0.15) is 5.75 Å². The van der Waals surface area contributed by atoms with E-state index in [1.807, 2.05) is 30.3 Å². The predicted octanol–water partition coefficient (Wildman–Crippen LogP) is 2.81. The molecule has 0 aliphatic carbocycles. The molecule has 4 nitrogen and oxygen atoms in total. The van der Waals surface area contributed by atoms with Gasteiger partial charge in [0.2, 0.25) is 0 Å². The molecule has 2 N–H and O–H groups in total. The number of fused-ring (bicyclic) bond motifs is 1. The SMILES string of the molecule is O=S(=O)(O)c1ccc(-c2c(O)ccc3ccccc23)cc1.[NaH]. The van der Waals surface area contributed by atoms with Gasteiger partial charge >= 0.3 is 29.6 Å². The molecule has 0 aliphatic heterocycles. The summed E-state index contributed by atoms with van der Waals surface area (Å²) in [5.74, 6) is 0.119. The van der Waals surface area contributed by atoms with Crippen LogP contribution in [-0.4, -0.2) is 47.6 Å². The van der Waals surface area contributed by atoms with Crippen molar-refractivity contribution in [1.29, 1.82) is 0 Å². The summed E-state index contributed by atoms with van der Waals surface area (Å²) in [6.45, 7) is 0. The van der Waals surface area contributed by atoms with Crippen molar-refractivity contribution in [3.8, 4) is 16.9 Å². The van der Waals surface area contributed by atoms with Gasteiger partial charge in [0.25, 0.3) is 10.1 Å². The second kappa shape index (κ2) is 6.40. The molecule has 0 fully saturated rings. The first-order valence-corrected chi connectivity index (χ1v) is 7.69. The van der Waals surface area contributed by atoms with E-state index < -0.39 is 10.1 Å². The van der Waals surface area contributed by atoms with E-state index in [-0.39, 0.29) is 40.2 Å². The molecule has 0 saturated carbocycles. The van der Waals surface area contributed by atoms with Crippen molar-refractivity contribution < 1.29 is 18.1 Å². The second-order valence-electron chi connectivity index (χ2n) is 4.68. The molecule has 0 atom stereocenters. The van der Waals surface area contributed by atoms with E-state index in [1.54, 1.807) is 18.2 Å². The van der Waals surface area contributed by atoms with E-state index >= 15 is 0 Å². The van der Waals surface area contributed by atoms with Gasteiger partial charge in [0, 0.05) is 5.56 Å². The van der Waals surface area contributed by atoms with Crippen molar-refractivity contribution in [1.82, 2.24) is 0 Å². The molecule has 22 heavy (non-hydrogen) atoms. The van der Waals surface area contributed by atoms with E-state index in [1.165, 1.54) is 12.1 Å². The van der Waals surface area contributed by atoms with Crippen LogP contribution in [0.15, 0.2) is 65.6 Å². The topological polar surface area (TPSA) is 74.6 Å². The van der Waals surface area contributed by atoms with Crippen molar-refractivity contribution in [3.05, 3.63) is 60.7 Å². The average Bonchev–Trinajstić information content (AvgIpc) is 2.46. The van der Waals surface area contributed by atoms with Gasteiger partial charge in [-0.1, -0.05) is 42.5 Å². The fraction of sp³-hybridized carbons (Fsp3) is 0. The van der Waals surface area contributed by atoms with Crippen molar-refractivity contribution in [3.63, 3.8) is 0 Å². The van der Waals surface area contributed by atoms with Crippen LogP contribution < -0.4 is 0 Å². The first-order valence-electron chi connectivity index (χ1n) is 6.25. The predicted molar refractivity (Wildman–Crippen MR) is 88.0 cm³/mol. The van der Waals surface area contributed by atoms with Gasteiger partial charge in [0.15, 0.2) is 0 Å². The Morgan fingerprint density at radius 2 is 1.45 bits per heavy atom. The van der Waals surface area contributed by atoms with Crippen LogP contribution in [0.1, 0.15) is 0 Å². The molecule has 0 unspecified atom stereocenters. The van der Waals surface area contributed by atoms with Gasteiger partial charge in [-0.25, -0.2) is 0 Å². The number of aromatic hydroxyl groups is 1. The molecule has 0 bridgehead atoms. The normalized spacial score (nSPS) is 11.1. The van der Waals surface area contributed by atoms with Crippen molar-refractivity contribution in [2.45, 2.75) is 4.90 Å². The Morgan fingerprint density at radius 3 is 2.09 bits per heavy atom. The third-order valence-electron chi connectivity index (χ3n) is 3.35. The molecule has 0 saturated heterocycles. The molecule has 3 rings (SSSR count). The third kappa shape index (κ3) is 3.19. The Morgan fingerprint density at radius 1 is 0.818 bits per heavy atom. The minimum atomic E-state index is -4.22. The number of benzene rings is 3. The molecule has 0 aliphatic rings. The maximum absolute atomic E-state index is 11.1. The third-order valence-corrected chi connectivity index (χ3v) is 4.22. The van der Waals surface area contributed by atoms with Crippen LogP contribution in [0.25, 0.3) is 21.9 Å². The van der Waals surface area contributed by atoms with Gasteiger partial charge in [0.05, 0.1) is 4.90 Å². The maximum atomic E-state index is 11.1. The summed E-state index contributed by atoms with van der Waals surface area (Å²) in [7, 11) is -4.22. The van der Waals surface area contributed by atoms with E-state index in [4.69, 9.17) is 4.55 Å². The monoisotopic (exact) mass is 324 g/mol. The van der Waals surface area contributed by atoms with Crippen LogP contribution in [0.3, 0.4) is 0 Å². The molecule has 0 amide bonds. The average molecular weight is 324 g/mol. The Kier molecular flexibility index (Phi) is 4.94. The molecular formula is C16H13NaO4S. The summed E-state index contributed by atoms with van der Waals surface area (Å²) >= 11 is 0. The summed E-state index contributed by atoms with van der Waals surface area (Å²) in [4.78, 5) is -0.175. The fourth-order valence-electron chi connectivity index (χ4n) is 2.36. The Balaban J connectivity index is 0.00000176.